The molecule has 2 aromatic carbocycles. The van der Waals surface area contributed by atoms with Crippen LogP contribution < -0.4 is 14.8 Å². The zero-order chi connectivity index (χ0) is 18.5. The van der Waals surface area contributed by atoms with Gasteiger partial charge >= 0.3 is 0 Å². The minimum atomic E-state index is -0.306. The van der Waals surface area contributed by atoms with Crippen molar-refractivity contribution in [3.63, 3.8) is 0 Å². The molecule has 1 heterocycles. The number of amides is 1. The molecule has 26 heavy (non-hydrogen) atoms. The maximum atomic E-state index is 12.3. The van der Waals surface area contributed by atoms with Gasteiger partial charge in [-0.15, -0.1) is 0 Å². The van der Waals surface area contributed by atoms with Gasteiger partial charge in [0.25, 0.3) is 5.91 Å². The lowest BCUT2D eigenvalue weighted by Crippen LogP contribution is -2.14. The molecule has 0 aliphatic rings. The van der Waals surface area contributed by atoms with Crippen LogP contribution in [-0.4, -0.2) is 22.8 Å². The van der Waals surface area contributed by atoms with E-state index < -0.39 is 0 Å². The second kappa shape index (κ2) is 7.93. The van der Waals surface area contributed by atoms with Crippen LogP contribution in [0.5, 0.6) is 11.5 Å². The van der Waals surface area contributed by atoms with Crippen LogP contribution in [0.3, 0.4) is 0 Å². The molecular weight excluding hydrogens is 354 g/mol. The Kier molecular flexibility index (Phi) is 5.43. The highest BCUT2D eigenvalue weighted by Gasteiger charge is 2.10. The number of carbonyl (C=O) groups excluding carboxylic acids is 1. The first-order valence-electron chi connectivity index (χ1n) is 7.93. The molecule has 6 nitrogen and oxygen atoms in total. The lowest BCUT2D eigenvalue weighted by molar-refractivity contribution is 0.102. The molecule has 3 aromatic rings. The molecule has 0 radical (unpaired) electrons. The predicted octanol–water partition coefficient (Wildman–Crippen LogP) is 4.14. The lowest BCUT2D eigenvalue weighted by Gasteiger charge is -2.08. The number of benzene rings is 2. The van der Waals surface area contributed by atoms with E-state index in [1.165, 1.54) is 0 Å². The van der Waals surface area contributed by atoms with Crippen molar-refractivity contribution in [2.45, 2.75) is 13.7 Å². The Bertz CT molecular complexity index is 924. The third-order valence-corrected chi connectivity index (χ3v) is 4.12. The van der Waals surface area contributed by atoms with Gasteiger partial charge in [-0.2, -0.15) is 5.10 Å². The molecule has 0 fully saturated rings. The van der Waals surface area contributed by atoms with Crippen LogP contribution in [0.25, 0.3) is 0 Å². The molecule has 1 amide bonds. The first kappa shape index (κ1) is 17.8. The van der Waals surface area contributed by atoms with Crippen LogP contribution in [0.2, 0.25) is 5.02 Å². The van der Waals surface area contributed by atoms with Crippen LogP contribution in [-0.2, 0) is 6.73 Å². The highest BCUT2D eigenvalue weighted by molar-refractivity contribution is 6.31. The van der Waals surface area contributed by atoms with E-state index in [-0.39, 0.29) is 12.6 Å². The summed E-state index contributed by atoms with van der Waals surface area (Å²) >= 11 is 6.00. The first-order chi connectivity index (χ1) is 12.5. The van der Waals surface area contributed by atoms with Gasteiger partial charge < -0.3 is 14.8 Å². The van der Waals surface area contributed by atoms with Gasteiger partial charge in [-0.05, 0) is 48.9 Å². The molecule has 134 valence electrons. The molecule has 0 saturated carbocycles. The van der Waals surface area contributed by atoms with Gasteiger partial charge in [0, 0.05) is 23.0 Å². The summed E-state index contributed by atoms with van der Waals surface area (Å²) in [5, 5.41) is 7.70. The molecule has 3 rings (SSSR count). The lowest BCUT2D eigenvalue weighted by atomic mass is 10.2. The number of hydrogen-bond acceptors (Lipinski definition) is 4. The molecule has 0 aliphatic heterocycles. The summed E-state index contributed by atoms with van der Waals surface area (Å²) in [6.45, 7) is 2.09. The van der Waals surface area contributed by atoms with Gasteiger partial charge in [-0.1, -0.05) is 17.7 Å². The summed E-state index contributed by atoms with van der Waals surface area (Å²) < 4.78 is 12.3. The fourth-order valence-corrected chi connectivity index (χ4v) is 2.42. The second-order valence-corrected chi connectivity index (χ2v) is 6.02. The number of nitrogens with one attached hydrogen (secondary N) is 1. The molecule has 0 atom stereocenters. The molecule has 1 N–H and O–H groups in total. The Balaban J connectivity index is 1.61. The second-order valence-electron chi connectivity index (χ2n) is 5.61. The summed E-state index contributed by atoms with van der Waals surface area (Å²) in [6.07, 6.45) is 1.68. The number of halogens is 1. The molecule has 0 aliphatic carbocycles. The fourth-order valence-electron chi connectivity index (χ4n) is 2.30. The number of ether oxygens (including phenoxy) is 2. The van der Waals surface area contributed by atoms with Gasteiger partial charge in [-0.25, -0.2) is 4.68 Å². The minimum Gasteiger partial charge on any atom is -0.497 e. The summed E-state index contributed by atoms with van der Waals surface area (Å²) in [4.78, 5) is 12.3. The van der Waals surface area contributed by atoms with Crippen LogP contribution in [0.15, 0.2) is 54.7 Å². The molecule has 0 unspecified atom stereocenters. The first-order valence-corrected chi connectivity index (χ1v) is 8.31. The fraction of sp³-hybridized carbons (Fsp3) is 0.158. The van der Waals surface area contributed by atoms with E-state index in [2.05, 4.69) is 10.4 Å². The standard InChI is InChI=1S/C19H18ClN3O3/c1-13-10-16(6-7-17(13)20)26-12-23-9-8-18(22-23)19(24)21-14-4-3-5-15(11-14)25-2/h3-11H,12H2,1-2H3,(H,21,24). The largest absolute Gasteiger partial charge is 0.497 e. The van der Waals surface area contributed by atoms with Gasteiger partial charge in [0.2, 0.25) is 0 Å². The van der Waals surface area contributed by atoms with Crippen molar-refractivity contribution in [3.05, 3.63) is 71.0 Å². The van der Waals surface area contributed by atoms with Crippen molar-refractivity contribution in [2.75, 3.05) is 12.4 Å². The Morgan fingerprint density at radius 3 is 2.81 bits per heavy atom. The number of carbonyl (C=O) groups is 1. The highest BCUT2D eigenvalue weighted by atomic mass is 35.5. The minimum absolute atomic E-state index is 0.188. The Hall–Kier alpha value is -2.99. The SMILES string of the molecule is COc1cccc(NC(=O)c2ccn(COc3ccc(Cl)c(C)c3)n2)c1. The smallest absolute Gasteiger partial charge is 0.276 e. The topological polar surface area (TPSA) is 65.4 Å². The molecule has 0 spiro atoms. The molecular formula is C19H18ClN3O3. The predicted molar refractivity (Wildman–Crippen MR) is 100.0 cm³/mol. The van der Waals surface area contributed by atoms with Gasteiger partial charge in [-0.3, -0.25) is 4.79 Å². The number of aromatic nitrogens is 2. The van der Waals surface area contributed by atoms with Gasteiger partial charge in [0.15, 0.2) is 12.4 Å². The van der Waals surface area contributed by atoms with Crippen molar-refractivity contribution in [1.29, 1.82) is 0 Å². The van der Waals surface area contributed by atoms with Gasteiger partial charge in [0.05, 0.1) is 7.11 Å². The maximum Gasteiger partial charge on any atom is 0.276 e. The van der Waals surface area contributed by atoms with Crippen LogP contribution in [0, 0.1) is 6.92 Å². The molecule has 1 aromatic heterocycles. The normalized spacial score (nSPS) is 10.4. The van der Waals surface area contributed by atoms with Crippen LogP contribution in [0.4, 0.5) is 5.69 Å². The average Bonchev–Trinajstić information content (AvgIpc) is 3.12. The molecule has 0 saturated heterocycles. The van der Waals surface area contributed by atoms with E-state index in [1.807, 2.05) is 13.0 Å². The van der Waals surface area contributed by atoms with E-state index in [4.69, 9.17) is 21.1 Å². The monoisotopic (exact) mass is 371 g/mol. The Morgan fingerprint density at radius 1 is 1.19 bits per heavy atom. The van der Waals surface area contributed by atoms with E-state index >= 15 is 0 Å². The van der Waals surface area contributed by atoms with E-state index in [0.717, 1.165) is 5.56 Å². The van der Waals surface area contributed by atoms with Crippen molar-refractivity contribution in [3.8, 4) is 11.5 Å². The Labute approximate surface area is 156 Å². The number of methoxy groups -OCH3 is 1. The summed E-state index contributed by atoms with van der Waals surface area (Å²) in [5.74, 6) is 1.05. The quantitative estimate of drug-likeness (QED) is 0.707. The van der Waals surface area contributed by atoms with Crippen molar-refractivity contribution < 1.29 is 14.3 Å². The average molecular weight is 372 g/mol. The number of rotatable bonds is 6. The number of aryl methyl sites for hydroxylation is 1. The maximum absolute atomic E-state index is 12.3. The van der Waals surface area contributed by atoms with E-state index in [1.54, 1.807) is 60.5 Å². The number of hydrogen-bond donors (Lipinski definition) is 1. The number of anilines is 1. The third kappa shape index (κ3) is 4.34. The van der Waals surface area contributed by atoms with Crippen molar-refractivity contribution in [1.82, 2.24) is 9.78 Å². The number of nitrogens with zero attached hydrogens (tertiary/aromatic N) is 2. The highest BCUT2D eigenvalue weighted by Crippen LogP contribution is 2.21. The summed E-state index contributed by atoms with van der Waals surface area (Å²) in [7, 11) is 1.57. The zero-order valence-electron chi connectivity index (χ0n) is 14.4. The van der Waals surface area contributed by atoms with Crippen molar-refractivity contribution in [2.24, 2.45) is 0 Å². The van der Waals surface area contributed by atoms with E-state index in [0.29, 0.717) is 27.9 Å². The van der Waals surface area contributed by atoms with Crippen molar-refractivity contribution >= 4 is 23.2 Å². The van der Waals surface area contributed by atoms with Crippen LogP contribution >= 0.6 is 11.6 Å². The summed E-state index contributed by atoms with van der Waals surface area (Å²) in [6, 6.07) is 14.2. The Morgan fingerprint density at radius 2 is 2.04 bits per heavy atom. The zero-order valence-corrected chi connectivity index (χ0v) is 15.2. The van der Waals surface area contributed by atoms with Crippen LogP contribution in [0.1, 0.15) is 16.1 Å². The third-order valence-electron chi connectivity index (χ3n) is 3.69. The van der Waals surface area contributed by atoms with E-state index in [9.17, 15) is 4.79 Å². The molecule has 7 heteroatoms. The van der Waals surface area contributed by atoms with Gasteiger partial charge in [0.1, 0.15) is 11.5 Å². The summed E-state index contributed by atoms with van der Waals surface area (Å²) in [5.41, 5.74) is 1.86. The molecule has 0 bridgehead atoms.